The molecule has 3 rings (SSSR count). The van der Waals surface area contributed by atoms with Gasteiger partial charge in [-0.2, -0.15) is 0 Å². The summed E-state index contributed by atoms with van der Waals surface area (Å²) in [6, 6.07) is 10.0. The number of para-hydroxylation sites is 1. The van der Waals surface area contributed by atoms with Crippen LogP contribution in [0.2, 0.25) is 0 Å². The van der Waals surface area contributed by atoms with E-state index in [1.165, 1.54) is 0 Å². The van der Waals surface area contributed by atoms with Crippen LogP contribution >= 0.6 is 0 Å². The minimum Gasteiger partial charge on any atom is -0.384 e. The van der Waals surface area contributed by atoms with E-state index in [9.17, 15) is 4.79 Å². The van der Waals surface area contributed by atoms with Crippen molar-refractivity contribution in [2.24, 2.45) is 5.41 Å². The Kier molecular flexibility index (Phi) is 4.88. The first-order chi connectivity index (χ1) is 11.2. The molecule has 0 aliphatic carbocycles. The van der Waals surface area contributed by atoms with E-state index in [2.05, 4.69) is 15.6 Å². The van der Waals surface area contributed by atoms with Crippen LogP contribution in [0.3, 0.4) is 0 Å². The van der Waals surface area contributed by atoms with Gasteiger partial charge in [-0.1, -0.05) is 24.3 Å². The zero-order valence-corrected chi connectivity index (χ0v) is 13.5. The zero-order chi connectivity index (χ0) is 16.1. The highest BCUT2D eigenvalue weighted by molar-refractivity contribution is 5.85. The van der Waals surface area contributed by atoms with Gasteiger partial charge in [0.2, 0.25) is 5.91 Å². The summed E-state index contributed by atoms with van der Waals surface area (Å²) >= 11 is 0. The summed E-state index contributed by atoms with van der Waals surface area (Å²) in [5, 5.41) is 7.50. The zero-order valence-electron chi connectivity index (χ0n) is 13.5. The first-order valence-corrected chi connectivity index (χ1v) is 8.06. The largest absolute Gasteiger partial charge is 0.384 e. The van der Waals surface area contributed by atoms with Gasteiger partial charge in [0.05, 0.1) is 17.5 Å². The quantitative estimate of drug-likeness (QED) is 0.884. The molecular formula is C18H23N3O2. The van der Waals surface area contributed by atoms with E-state index in [0.717, 1.165) is 42.4 Å². The summed E-state index contributed by atoms with van der Waals surface area (Å²) < 4.78 is 5.33. The number of carbonyl (C=O) groups is 1. The molecule has 0 unspecified atom stereocenters. The van der Waals surface area contributed by atoms with Crippen molar-refractivity contribution in [3.8, 4) is 0 Å². The van der Waals surface area contributed by atoms with Crippen LogP contribution in [0.5, 0.6) is 0 Å². The van der Waals surface area contributed by atoms with Gasteiger partial charge in [-0.25, -0.2) is 0 Å². The average molecular weight is 313 g/mol. The summed E-state index contributed by atoms with van der Waals surface area (Å²) in [7, 11) is 1.66. The number of fused-ring (bicyclic) bond motifs is 1. The third-order valence-electron chi connectivity index (χ3n) is 4.62. The molecule has 1 amide bonds. The second kappa shape index (κ2) is 7.06. The van der Waals surface area contributed by atoms with Gasteiger partial charge in [0.15, 0.2) is 0 Å². The highest BCUT2D eigenvalue weighted by atomic mass is 16.5. The third-order valence-corrected chi connectivity index (χ3v) is 4.62. The lowest BCUT2D eigenvalue weighted by Crippen LogP contribution is -2.50. The topological polar surface area (TPSA) is 63.2 Å². The molecule has 0 saturated carbocycles. The molecule has 0 bridgehead atoms. The van der Waals surface area contributed by atoms with Crippen LogP contribution in [0.1, 0.15) is 18.4 Å². The van der Waals surface area contributed by atoms with Crippen LogP contribution in [0.4, 0.5) is 0 Å². The maximum absolute atomic E-state index is 12.8. The van der Waals surface area contributed by atoms with Crippen LogP contribution in [0.15, 0.2) is 36.5 Å². The van der Waals surface area contributed by atoms with Crippen molar-refractivity contribution in [3.63, 3.8) is 0 Å². The summed E-state index contributed by atoms with van der Waals surface area (Å²) in [5.74, 6) is 0.0776. The Balaban J connectivity index is 1.74. The number of hydrogen-bond donors (Lipinski definition) is 2. The molecule has 122 valence electrons. The van der Waals surface area contributed by atoms with Crippen LogP contribution in [0.25, 0.3) is 10.9 Å². The standard InChI is InChI=1S/C18H23N3O2/c1-23-13-18(7-10-19-11-8-18)17(22)21-12-15-5-2-4-14-6-3-9-20-16(14)15/h2-6,9,19H,7-8,10-13H2,1H3,(H,21,22). The lowest BCUT2D eigenvalue weighted by Gasteiger charge is -2.35. The molecule has 0 spiro atoms. The number of methoxy groups -OCH3 is 1. The first-order valence-electron chi connectivity index (χ1n) is 8.06. The van der Waals surface area contributed by atoms with Crippen molar-refractivity contribution in [2.75, 3.05) is 26.8 Å². The predicted molar refractivity (Wildman–Crippen MR) is 90.0 cm³/mol. The van der Waals surface area contributed by atoms with Gasteiger partial charge < -0.3 is 15.4 Å². The number of benzene rings is 1. The number of rotatable bonds is 5. The van der Waals surface area contributed by atoms with Gasteiger partial charge in [0.1, 0.15) is 0 Å². The van der Waals surface area contributed by atoms with Crippen molar-refractivity contribution in [1.82, 2.24) is 15.6 Å². The first kappa shape index (κ1) is 15.9. The van der Waals surface area contributed by atoms with E-state index in [-0.39, 0.29) is 5.91 Å². The van der Waals surface area contributed by atoms with Crippen LogP contribution < -0.4 is 10.6 Å². The molecule has 1 fully saturated rings. The Hall–Kier alpha value is -1.98. The predicted octanol–water partition coefficient (Wildman–Crippen LogP) is 1.87. The molecule has 2 aromatic rings. The Labute approximate surface area is 136 Å². The number of pyridine rings is 1. The molecule has 1 aliphatic heterocycles. The number of nitrogens with zero attached hydrogens (tertiary/aromatic N) is 1. The fourth-order valence-electron chi connectivity index (χ4n) is 3.29. The maximum Gasteiger partial charge on any atom is 0.228 e. The Morgan fingerprint density at radius 2 is 2.09 bits per heavy atom. The minimum absolute atomic E-state index is 0.0776. The second-order valence-corrected chi connectivity index (χ2v) is 6.14. The lowest BCUT2D eigenvalue weighted by atomic mass is 9.78. The molecule has 23 heavy (non-hydrogen) atoms. The summed E-state index contributed by atoms with van der Waals surface area (Å²) in [6.07, 6.45) is 3.40. The Bertz CT molecular complexity index is 670. The highest BCUT2D eigenvalue weighted by Crippen LogP contribution is 2.29. The molecule has 5 nitrogen and oxygen atoms in total. The van der Waals surface area contributed by atoms with E-state index in [1.807, 2.05) is 30.3 Å². The van der Waals surface area contributed by atoms with Gasteiger partial charge >= 0.3 is 0 Å². The summed E-state index contributed by atoms with van der Waals surface area (Å²) in [5.41, 5.74) is 1.57. The van der Waals surface area contributed by atoms with Crippen molar-refractivity contribution < 1.29 is 9.53 Å². The summed E-state index contributed by atoms with van der Waals surface area (Å²) in [6.45, 7) is 2.67. The van der Waals surface area contributed by atoms with Crippen LogP contribution in [0, 0.1) is 5.41 Å². The third kappa shape index (κ3) is 3.35. The molecule has 1 aromatic heterocycles. The molecule has 1 aliphatic rings. The normalized spacial score (nSPS) is 17.1. The minimum atomic E-state index is -0.419. The number of piperidine rings is 1. The molecule has 5 heteroatoms. The van der Waals surface area contributed by atoms with E-state index in [0.29, 0.717) is 13.2 Å². The number of amides is 1. The molecule has 2 heterocycles. The number of nitrogens with one attached hydrogen (secondary N) is 2. The molecule has 0 radical (unpaired) electrons. The van der Waals surface area contributed by atoms with Gasteiger partial charge in [0.25, 0.3) is 0 Å². The number of ether oxygens (including phenoxy) is 1. The van der Waals surface area contributed by atoms with E-state index in [4.69, 9.17) is 4.74 Å². The Morgan fingerprint density at radius 1 is 1.30 bits per heavy atom. The lowest BCUT2D eigenvalue weighted by molar-refractivity contribution is -0.136. The number of aromatic nitrogens is 1. The monoisotopic (exact) mass is 313 g/mol. The SMILES string of the molecule is COCC1(C(=O)NCc2cccc3cccnc23)CCNCC1. The van der Waals surface area contributed by atoms with Crippen molar-refractivity contribution in [1.29, 1.82) is 0 Å². The fraction of sp³-hybridized carbons (Fsp3) is 0.444. The molecule has 1 aromatic carbocycles. The van der Waals surface area contributed by atoms with Gasteiger partial charge in [0, 0.05) is 25.2 Å². The van der Waals surface area contributed by atoms with Gasteiger partial charge in [-0.15, -0.1) is 0 Å². The molecular weight excluding hydrogens is 290 g/mol. The van der Waals surface area contributed by atoms with Crippen molar-refractivity contribution in [2.45, 2.75) is 19.4 Å². The Morgan fingerprint density at radius 3 is 2.87 bits per heavy atom. The molecule has 1 saturated heterocycles. The number of carbonyl (C=O) groups excluding carboxylic acids is 1. The van der Waals surface area contributed by atoms with Crippen molar-refractivity contribution >= 4 is 16.8 Å². The fourth-order valence-corrected chi connectivity index (χ4v) is 3.29. The van der Waals surface area contributed by atoms with E-state index < -0.39 is 5.41 Å². The van der Waals surface area contributed by atoms with E-state index in [1.54, 1.807) is 13.3 Å². The van der Waals surface area contributed by atoms with Crippen molar-refractivity contribution in [3.05, 3.63) is 42.1 Å². The van der Waals surface area contributed by atoms with Crippen LogP contribution in [-0.4, -0.2) is 37.7 Å². The highest BCUT2D eigenvalue weighted by Gasteiger charge is 2.39. The second-order valence-electron chi connectivity index (χ2n) is 6.14. The molecule has 2 N–H and O–H groups in total. The maximum atomic E-state index is 12.8. The van der Waals surface area contributed by atoms with Crippen LogP contribution in [-0.2, 0) is 16.1 Å². The van der Waals surface area contributed by atoms with E-state index >= 15 is 0 Å². The van der Waals surface area contributed by atoms with Gasteiger partial charge in [-0.3, -0.25) is 9.78 Å². The average Bonchev–Trinajstić information content (AvgIpc) is 2.60. The number of hydrogen-bond acceptors (Lipinski definition) is 4. The molecule has 0 atom stereocenters. The van der Waals surface area contributed by atoms with Gasteiger partial charge in [-0.05, 0) is 37.6 Å². The summed E-state index contributed by atoms with van der Waals surface area (Å²) in [4.78, 5) is 17.2. The smallest absolute Gasteiger partial charge is 0.228 e.